The molecule has 1 atom stereocenters. The summed E-state index contributed by atoms with van der Waals surface area (Å²) in [4.78, 5) is 13.8. The summed E-state index contributed by atoms with van der Waals surface area (Å²) in [7, 11) is 3.29. The first-order chi connectivity index (χ1) is 9.13. The Morgan fingerprint density at radius 2 is 2.21 bits per heavy atom. The van der Waals surface area contributed by atoms with E-state index >= 15 is 0 Å². The van der Waals surface area contributed by atoms with Gasteiger partial charge in [0.25, 0.3) is 5.91 Å². The van der Waals surface area contributed by atoms with Crippen molar-refractivity contribution in [3.05, 3.63) is 47.8 Å². The van der Waals surface area contributed by atoms with Crippen molar-refractivity contribution in [1.82, 2.24) is 4.90 Å². The van der Waals surface area contributed by atoms with E-state index in [4.69, 9.17) is 13.6 Å². The standard InChI is InChI=1S/C14H17NO4/c1-10(12-5-4-8-18-12)15(2)14(16)13-7-6-11(19-13)9-17-3/h4-8,10H,9H2,1-3H3. The summed E-state index contributed by atoms with van der Waals surface area (Å²) in [6, 6.07) is 6.88. The highest BCUT2D eigenvalue weighted by atomic mass is 16.5. The maximum Gasteiger partial charge on any atom is 0.289 e. The van der Waals surface area contributed by atoms with Gasteiger partial charge in [-0.3, -0.25) is 4.79 Å². The van der Waals surface area contributed by atoms with Gasteiger partial charge in [0.2, 0.25) is 0 Å². The van der Waals surface area contributed by atoms with Gasteiger partial charge >= 0.3 is 0 Å². The molecule has 1 amide bonds. The highest BCUT2D eigenvalue weighted by Gasteiger charge is 2.23. The Kier molecular flexibility index (Phi) is 4.06. The normalized spacial score (nSPS) is 12.4. The second-order valence-corrected chi connectivity index (χ2v) is 4.31. The molecular weight excluding hydrogens is 246 g/mol. The zero-order valence-electron chi connectivity index (χ0n) is 11.3. The molecule has 0 aromatic carbocycles. The van der Waals surface area contributed by atoms with E-state index in [1.165, 1.54) is 0 Å². The van der Waals surface area contributed by atoms with Crippen LogP contribution in [0.3, 0.4) is 0 Å². The van der Waals surface area contributed by atoms with E-state index in [1.807, 2.05) is 13.0 Å². The summed E-state index contributed by atoms with van der Waals surface area (Å²) in [6.07, 6.45) is 1.59. The topological polar surface area (TPSA) is 55.8 Å². The molecular formula is C14H17NO4. The van der Waals surface area contributed by atoms with Crippen LogP contribution in [-0.2, 0) is 11.3 Å². The number of carbonyl (C=O) groups excluding carboxylic acids is 1. The van der Waals surface area contributed by atoms with Crippen molar-refractivity contribution in [3.63, 3.8) is 0 Å². The van der Waals surface area contributed by atoms with Gasteiger partial charge in [0, 0.05) is 14.2 Å². The molecule has 1 unspecified atom stereocenters. The molecule has 0 saturated carbocycles. The van der Waals surface area contributed by atoms with Crippen LogP contribution in [0.25, 0.3) is 0 Å². The molecule has 0 N–H and O–H groups in total. The molecule has 19 heavy (non-hydrogen) atoms. The summed E-state index contributed by atoms with van der Waals surface area (Å²) in [6.45, 7) is 2.25. The van der Waals surface area contributed by atoms with Crippen molar-refractivity contribution in [2.45, 2.75) is 19.6 Å². The molecule has 102 valence electrons. The molecule has 0 aliphatic rings. The number of amides is 1. The number of ether oxygens (including phenoxy) is 1. The lowest BCUT2D eigenvalue weighted by molar-refractivity contribution is 0.0686. The number of carbonyl (C=O) groups is 1. The summed E-state index contributed by atoms with van der Waals surface area (Å²) < 4.78 is 15.7. The second kappa shape index (κ2) is 5.75. The van der Waals surface area contributed by atoms with Crippen molar-refractivity contribution >= 4 is 5.91 Å². The summed E-state index contributed by atoms with van der Waals surface area (Å²) >= 11 is 0. The Labute approximate surface area is 111 Å². The summed E-state index contributed by atoms with van der Waals surface area (Å²) in [5.74, 6) is 1.48. The van der Waals surface area contributed by atoms with Crippen molar-refractivity contribution in [3.8, 4) is 0 Å². The highest BCUT2D eigenvalue weighted by molar-refractivity contribution is 5.91. The zero-order chi connectivity index (χ0) is 13.8. The monoisotopic (exact) mass is 263 g/mol. The van der Waals surface area contributed by atoms with E-state index in [-0.39, 0.29) is 11.9 Å². The van der Waals surface area contributed by atoms with Gasteiger partial charge in [0.15, 0.2) is 5.76 Å². The third-order valence-corrected chi connectivity index (χ3v) is 3.02. The molecule has 5 heteroatoms. The molecule has 0 saturated heterocycles. The molecule has 2 aromatic heterocycles. The van der Waals surface area contributed by atoms with Gasteiger partial charge in [0.1, 0.15) is 18.1 Å². The largest absolute Gasteiger partial charge is 0.467 e. The fourth-order valence-corrected chi connectivity index (χ4v) is 1.78. The first-order valence-electron chi connectivity index (χ1n) is 6.01. The molecule has 0 fully saturated rings. The van der Waals surface area contributed by atoms with E-state index in [0.29, 0.717) is 18.1 Å². The Balaban J connectivity index is 2.09. The van der Waals surface area contributed by atoms with Gasteiger partial charge in [-0.1, -0.05) is 0 Å². The van der Waals surface area contributed by atoms with Gasteiger partial charge < -0.3 is 18.5 Å². The van der Waals surface area contributed by atoms with Crippen LogP contribution in [0.2, 0.25) is 0 Å². The predicted octanol–water partition coefficient (Wildman–Crippen LogP) is 2.85. The number of hydrogen-bond acceptors (Lipinski definition) is 4. The van der Waals surface area contributed by atoms with E-state index in [2.05, 4.69) is 0 Å². The van der Waals surface area contributed by atoms with E-state index in [1.54, 1.807) is 43.5 Å². The van der Waals surface area contributed by atoms with Crippen molar-refractivity contribution in [1.29, 1.82) is 0 Å². The van der Waals surface area contributed by atoms with Crippen LogP contribution >= 0.6 is 0 Å². The fourth-order valence-electron chi connectivity index (χ4n) is 1.78. The molecule has 5 nitrogen and oxygen atoms in total. The predicted molar refractivity (Wildman–Crippen MR) is 68.6 cm³/mol. The summed E-state index contributed by atoms with van der Waals surface area (Å²) in [5.41, 5.74) is 0. The van der Waals surface area contributed by atoms with Crippen LogP contribution in [0, 0.1) is 0 Å². The maximum atomic E-state index is 12.2. The lowest BCUT2D eigenvalue weighted by Crippen LogP contribution is -2.29. The molecule has 0 spiro atoms. The third kappa shape index (κ3) is 2.88. The average molecular weight is 263 g/mol. The quantitative estimate of drug-likeness (QED) is 0.832. The van der Waals surface area contributed by atoms with Gasteiger partial charge in [-0.05, 0) is 31.2 Å². The number of hydrogen-bond donors (Lipinski definition) is 0. The number of nitrogens with zero attached hydrogens (tertiary/aromatic N) is 1. The Hall–Kier alpha value is -2.01. The molecule has 0 bridgehead atoms. The van der Waals surface area contributed by atoms with Crippen LogP contribution in [0.5, 0.6) is 0 Å². The van der Waals surface area contributed by atoms with Crippen molar-refractivity contribution in [2.24, 2.45) is 0 Å². The van der Waals surface area contributed by atoms with Gasteiger partial charge in [-0.2, -0.15) is 0 Å². The first-order valence-corrected chi connectivity index (χ1v) is 6.01. The second-order valence-electron chi connectivity index (χ2n) is 4.31. The van der Waals surface area contributed by atoms with Crippen LogP contribution in [-0.4, -0.2) is 25.0 Å². The molecule has 2 aromatic rings. The van der Waals surface area contributed by atoms with Crippen LogP contribution in [0.15, 0.2) is 39.4 Å². The van der Waals surface area contributed by atoms with Crippen LogP contribution < -0.4 is 0 Å². The molecule has 0 aliphatic heterocycles. The minimum atomic E-state index is -0.189. The SMILES string of the molecule is COCc1ccc(C(=O)N(C)C(C)c2ccco2)o1. The Bertz CT molecular complexity index is 529. The number of methoxy groups -OCH3 is 1. The lowest BCUT2D eigenvalue weighted by Gasteiger charge is -2.22. The number of furan rings is 2. The maximum absolute atomic E-state index is 12.2. The summed E-state index contributed by atoms with van der Waals surface area (Å²) in [5, 5.41) is 0. The van der Waals surface area contributed by atoms with E-state index < -0.39 is 0 Å². The fraction of sp³-hybridized carbons (Fsp3) is 0.357. The molecule has 2 rings (SSSR count). The van der Waals surface area contributed by atoms with Crippen LogP contribution in [0.1, 0.15) is 35.0 Å². The van der Waals surface area contributed by atoms with Gasteiger partial charge in [-0.15, -0.1) is 0 Å². The molecule has 2 heterocycles. The highest BCUT2D eigenvalue weighted by Crippen LogP contribution is 2.21. The average Bonchev–Trinajstić information content (AvgIpc) is 3.07. The lowest BCUT2D eigenvalue weighted by atomic mass is 10.2. The van der Waals surface area contributed by atoms with Crippen molar-refractivity contribution in [2.75, 3.05) is 14.2 Å². The third-order valence-electron chi connectivity index (χ3n) is 3.02. The van der Waals surface area contributed by atoms with Gasteiger partial charge in [0.05, 0.1) is 12.3 Å². The smallest absolute Gasteiger partial charge is 0.289 e. The van der Waals surface area contributed by atoms with E-state index in [9.17, 15) is 4.79 Å². The van der Waals surface area contributed by atoms with Crippen molar-refractivity contribution < 1.29 is 18.4 Å². The number of rotatable bonds is 5. The first kappa shape index (κ1) is 13.4. The zero-order valence-corrected chi connectivity index (χ0v) is 11.3. The molecule has 0 aliphatic carbocycles. The van der Waals surface area contributed by atoms with E-state index in [0.717, 1.165) is 5.76 Å². The van der Waals surface area contributed by atoms with Gasteiger partial charge in [-0.25, -0.2) is 0 Å². The Morgan fingerprint density at radius 3 is 2.84 bits per heavy atom. The van der Waals surface area contributed by atoms with Crippen LogP contribution in [0.4, 0.5) is 0 Å². The minimum Gasteiger partial charge on any atom is -0.467 e. The molecule has 0 radical (unpaired) electrons. The minimum absolute atomic E-state index is 0.154. The Morgan fingerprint density at radius 1 is 1.42 bits per heavy atom.